The molecule has 1 aromatic carbocycles. The summed E-state index contributed by atoms with van der Waals surface area (Å²) in [5.41, 5.74) is 0.392. The summed E-state index contributed by atoms with van der Waals surface area (Å²) in [6, 6.07) is 4.66. The Morgan fingerprint density at radius 1 is 1.57 bits per heavy atom. The molecule has 1 aromatic rings. The molecule has 4 nitrogen and oxygen atoms in total. The van der Waals surface area contributed by atoms with Crippen LogP contribution in [0.1, 0.15) is 12.5 Å². The molecule has 21 heavy (non-hydrogen) atoms. The molecule has 0 saturated carbocycles. The Kier molecular flexibility index (Phi) is 5.41. The van der Waals surface area contributed by atoms with Gasteiger partial charge in [0.2, 0.25) is 5.91 Å². The predicted molar refractivity (Wildman–Crippen MR) is 81.8 cm³/mol. The summed E-state index contributed by atoms with van der Waals surface area (Å²) in [4.78, 5) is 24.8. The van der Waals surface area contributed by atoms with Gasteiger partial charge in [0.25, 0.3) is 0 Å². The van der Waals surface area contributed by atoms with Crippen molar-refractivity contribution < 1.29 is 18.7 Å². The molecule has 0 atom stereocenters. The number of ether oxygens (including phenoxy) is 1. The van der Waals surface area contributed by atoms with Crippen LogP contribution >= 0.6 is 27.7 Å². The molecule has 0 bridgehead atoms. The van der Waals surface area contributed by atoms with Gasteiger partial charge in [-0.05, 0) is 19.1 Å². The second kappa shape index (κ2) is 7.09. The molecule has 1 fully saturated rings. The van der Waals surface area contributed by atoms with Gasteiger partial charge in [-0.25, -0.2) is 9.18 Å². The number of amides is 1. The molecule has 0 radical (unpaired) electrons. The van der Waals surface area contributed by atoms with Gasteiger partial charge in [-0.3, -0.25) is 4.79 Å². The van der Waals surface area contributed by atoms with E-state index >= 15 is 0 Å². The van der Waals surface area contributed by atoms with Crippen molar-refractivity contribution in [2.45, 2.75) is 13.5 Å². The van der Waals surface area contributed by atoms with Gasteiger partial charge in [0.15, 0.2) is 0 Å². The minimum atomic E-state index is -0.504. The lowest BCUT2D eigenvalue weighted by molar-refractivity contribution is -0.137. The summed E-state index contributed by atoms with van der Waals surface area (Å²) in [6.45, 7) is 2.07. The number of carbonyl (C=O) groups excluding carboxylic acids is 2. The van der Waals surface area contributed by atoms with Crippen LogP contribution in [0.25, 0.3) is 0 Å². The van der Waals surface area contributed by atoms with Gasteiger partial charge in [-0.1, -0.05) is 33.8 Å². The fourth-order valence-corrected chi connectivity index (χ4v) is 3.07. The number of esters is 1. The number of rotatable bonds is 4. The molecule has 1 heterocycles. The first-order chi connectivity index (χ1) is 10.0. The molecule has 112 valence electrons. The number of carbonyl (C=O) groups is 2. The largest absolute Gasteiger partial charge is 0.463 e. The van der Waals surface area contributed by atoms with Crippen LogP contribution in [0, 0.1) is 5.82 Å². The summed E-state index contributed by atoms with van der Waals surface area (Å²) in [7, 11) is 0. The van der Waals surface area contributed by atoms with Crippen molar-refractivity contribution in [1.29, 1.82) is 0 Å². The number of hydrogen-bond donors (Lipinski definition) is 0. The third-order valence-electron chi connectivity index (χ3n) is 2.78. The highest BCUT2D eigenvalue weighted by Gasteiger charge is 2.28. The summed E-state index contributed by atoms with van der Waals surface area (Å²) in [6.07, 6.45) is 1.27. The maximum Gasteiger partial charge on any atom is 0.333 e. The SMILES string of the molecule is CCOC(=O)/C=C1\SCC(=O)N1Cc1ccc(Br)cc1F. The Morgan fingerprint density at radius 2 is 2.33 bits per heavy atom. The highest BCUT2D eigenvalue weighted by atomic mass is 79.9. The molecule has 1 aliphatic rings. The zero-order valence-electron chi connectivity index (χ0n) is 11.3. The average molecular weight is 374 g/mol. The summed E-state index contributed by atoms with van der Waals surface area (Å²) >= 11 is 4.43. The van der Waals surface area contributed by atoms with Crippen molar-refractivity contribution in [3.05, 3.63) is 45.2 Å². The Labute approximate surface area is 134 Å². The molecule has 1 aliphatic heterocycles. The molecule has 2 rings (SSSR count). The topological polar surface area (TPSA) is 46.6 Å². The van der Waals surface area contributed by atoms with Crippen LogP contribution in [0.3, 0.4) is 0 Å². The van der Waals surface area contributed by atoms with E-state index in [-0.39, 0.29) is 24.8 Å². The zero-order chi connectivity index (χ0) is 15.4. The summed E-state index contributed by atoms with van der Waals surface area (Å²) < 4.78 is 19.3. The lowest BCUT2D eigenvalue weighted by Gasteiger charge is -2.17. The maximum absolute atomic E-state index is 13.9. The van der Waals surface area contributed by atoms with Crippen molar-refractivity contribution >= 4 is 39.6 Å². The van der Waals surface area contributed by atoms with Gasteiger partial charge in [-0.15, -0.1) is 0 Å². The van der Waals surface area contributed by atoms with E-state index in [1.807, 2.05) is 0 Å². The molecule has 7 heteroatoms. The van der Waals surface area contributed by atoms with E-state index < -0.39 is 11.8 Å². The van der Waals surface area contributed by atoms with Crippen molar-refractivity contribution in [2.75, 3.05) is 12.4 Å². The van der Waals surface area contributed by atoms with Crippen molar-refractivity contribution in [3.8, 4) is 0 Å². The minimum absolute atomic E-state index is 0.0934. The number of halogens is 2. The molecular formula is C14H13BrFNO3S. The fourth-order valence-electron chi connectivity index (χ4n) is 1.81. The molecule has 0 unspecified atom stereocenters. The van der Waals surface area contributed by atoms with Crippen LogP contribution in [-0.2, 0) is 20.9 Å². The van der Waals surface area contributed by atoms with Gasteiger partial charge >= 0.3 is 5.97 Å². The predicted octanol–water partition coefficient (Wildman–Crippen LogP) is 3.07. The van der Waals surface area contributed by atoms with Crippen LogP contribution < -0.4 is 0 Å². The number of nitrogens with zero attached hydrogens (tertiary/aromatic N) is 1. The molecule has 0 aromatic heterocycles. The van der Waals surface area contributed by atoms with Crippen molar-refractivity contribution in [1.82, 2.24) is 4.90 Å². The van der Waals surface area contributed by atoms with E-state index in [1.165, 1.54) is 28.8 Å². The van der Waals surface area contributed by atoms with Crippen LogP contribution in [0.4, 0.5) is 4.39 Å². The normalized spacial score (nSPS) is 16.6. The summed E-state index contributed by atoms with van der Waals surface area (Å²) in [5, 5.41) is 0.487. The number of benzene rings is 1. The van der Waals surface area contributed by atoms with Crippen molar-refractivity contribution in [3.63, 3.8) is 0 Å². The molecule has 0 N–H and O–H groups in total. The lowest BCUT2D eigenvalue weighted by atomic mass is 10.2. The van der Waals surface area contributed by atoms with E-state index in [0.29, 0.717) is 15.1 Å². The zero-order valence-corrected chi connectivity index (χ0v) is 13.7. The Bertz CT molecular complexity index is 606. The molecular weight excluding hydrogens is 361 g/mol. The quantitative estimate of drug-likeness (QED) is 0.600. The Morgan fingerprint density at radius 3 is 3.00 bits per heavy atom. The minimum Gasteiger partial charge on any atom is -0.463 e. The molecule has 1 saturated heterocycles. The third kappa shape index (κ3) is 4.07. The number of hydrogen-bond acceptors (Lipinski definition) is 4. The Hall–Kier alpha value is -1.34. The highest BCUT2D eigenvalue weighted by Crippen LogP contribution is 2.31. The van der Waals surface area contributed by atoms with E-state index in [9.17, 15) is 14.0 Å². The van der Waals surface area contributed by atoms with Crippen LogP contribution in [0.2, 0.25) is 0 Å². The molecule has 1 amide bonds. The third-order valence-corrected chi connectivity index (χ3v) is 4.30. The van der Waals surface area contributed by atoms with Gasteiger partial charge in [0, 0.05) is 10.0 Å². The van der Waals surface area contributed by atoms with Gasteiger partial charge in [-0.2, -0.15) is 0 Å². The standard InChI is InChI=1S/C14H13BrFNO3S/c1-2-20-14(19)6-13-17(12(18)8-21-13)7-9-3-4-10(15)5-11(9)16/h3-6H,2,7-8H2,1H3/b13-6-. The van der Waals surface area contributed by atoms with Crippen LogP contribution in [-0.4, -0.2) is 29.1 Å². The first kappa shape index (κ1) is 16.0. The first-order valence-electron chi connectivity index (χ1n) is 6.26. The summed E-state index contributed by atoms with van der Waals surface area (Å²) in [5.74, 6) is -0.818. The number of thioether (sulfide) groups is 1. The van der Waals surface area contributed by atoms with Gasteiger partial charge in [0.1, 0.15) is 5.82 Å². The van der Waals surface area contributed by atoms with E-state index in [4.69, 9.17) is 4.74 Å². The van der Waals surface area contributed by atoms with Crippen molar-refractivity contribution in [2.24, 2.45) is 0 Å². The highest BCUT2D eigenvalue weighted by molar-refractivity contribution is 9.10. The van der Waals surface area contributed by atoms with Crippen LogP contribution in [0.5, 0.6) is 0 Å². The van der Waals surface area contributed by atoms with Gasteiger partial charge < -0.3 is 9.64 Å². The second-order valence-corrected chi connectivity index (χ2v) is 6.15. The molecule has 0 aliphatic carbocycles. The Balaban J connectivity index is 2.19. The van der Waals surface area contributed by atoms with Gasteiger partial charge in [0.05, 0.1) is 30.0 Å². The second-order valence-electron chi connectivity index (χ2n) is 4.24. The lowest BCUT2D eigenvalue weighted by Crippen LogP contribution is -2.25. The fraction of sp³-hybridized carbons (Fsp3) is 0.286. The maximum atomic E-state index is 13.9. The smallest absolute Gasteiger partial charge is 0.333 e. The van der Waals surface area contributed by atoms with E-state index in [2.05, 4.69) is 15.9 Å². The first-order valence-corrected chi connectivity index (χ1v) is 8.04. The van der Waals surface area contributed by atoms with E-state index in [0.717, 1.165) is 0 Å². The van der Waals surface area contributed by atoms with Crippen LogP contribution in [0.15, 0.2) is 33.8 Å². The average Bonchev–Trinajstić information content (AvgIpc) is 2.74. The van der Waals surface area contributed by atoms with E-state index in [1.54, 1.807) is 19.1 Å². The monoisotopic (exact) mass is 373 g/mol. The molecule has 0 spiro atoms.